The summed E-state index contributed by atoms with van der Waals surface area (Å²) in [7, 11) is -4.00. The lowest BCUT2D eigenvalue weighted by molar-refractivity contribution is 0.0950. The summed E-state index contributed by atoms with van der Waals surface area (Å²) in [6.07, 6.45) is 0. The molecule has 1 heterocycles. The molecule has 1 aliphatic rings. The van der Waals surface area contributed by atoms with Gasteiger partial charge in [0.15, 0.2) is 11.5 Å². The van der Waals surface area contributed by atoms with Crippen molar-refractivity contribution in [1.29, 1.82) is 0 Å². The van der Waals surface area contributed by atoms with E-state index in [2.05, 4.69) is 10.0 Å². The Kier molecular flexibility index (Phi) is 5.99. The van der Waals surface area contributed by atoms with Crippen LogP contribution in [-0.2, 0) is 16.6 Å². The van der Waals surface area contributed by atoms with Gasteiger partial charge in [0.1, 0.15) is 4.90 Å². The fourth-order valence-electron chi connectivity index (χ4n) is 3.31. The van der Waals surface area contributed by atoms with Crippen molar-refractivity contribution >= 4 is 33.2 Å². The number of sulfonamides is 1. The number of amides is 1. The van der Waals surface area contributed by atoms with Gasteiger partial charge in [-0.25, -0.2) is 8.42 Å². The number of anilines is 1. The van der Waals surface area contributed by atoms with Gasteiger partial charge >= 0.3 is 0 Å². The first-order chi connectivity index (χ1) is 15.2. The molecule has 9 heteroatoms. The zero-order chi connectivity index (χ0) is 22.9. The lowest BCUT2D eigenvalue weighted by atomic mass is 10.1. The molecule has 2 N–H and O–H groups in total. The van der Waals surface area contributed by atoms with Crippen LogP contribution in [0.4, 0.5) is 5.69 Å². The Labute approximate surface area is 191 Å². The zero-order valence-electron chi connectivity index (χ0n) is 17.4. The summed E-state index contributed by atoms with van der Waals surface area (Å²) in [4.78, 5) is 12.5. The van der Waals surface area contributed by atoms with Crippen molar-refractivity contribution in [2.75, 3.05) is 11.5 Å². The Morgan fingerprint density at radius 3 is 2.56 bits per heavy atom. The number of rotatable bonds is 6. The van der Waals surface area contributed by atoms with Gasteiger partial charge in [-0.2, -0.15) is 0 Å². The molecule has 1 amide bonds. The summed E-state index contributed by atoms with van der Waals surface area (Å²) in [6, 6.07) is 14.9. The number of hydrogen-bond acceptors (Lipinski definition) is 5. The number of nitrogens with one attached hydrogen (secondary N) is 2. The molecule has 0 unspecified atom stereocenters. The largest absolute Gasteiger partial charge is 0.454 e. The highest BCUT2D eigenvalue weighted by Crippen LogP contribution is 2.32. The van der Waals surface area contributed by atoms with Crippen molar-refractivity contribution < 1.29 is 22.7 Å². The van der Waals surface area contributed by atoms with Crippen LogP contribution in [0.3, 0.4) is 0 Å². The molecule has 0 radical (unpaired) electrons. The second-order valence-corrected chi connectivity index (χ2v) is 9.50. The Balaban J connectivity index is 1.51. The molecule has 0 aromatic heterocycles. The summed E-state index contributed by atoms with van der Waals surface area (Å²) in [5.74, 6) is 0.848. The van der Waals surface area contributed by atoms with Gasteiger partial charge in [-0.15, -0.1) is 0 Å². The maximum atomic E-state index is 13.0. The minimum absolute atomic E-state index is 0.0228. The van der Waals surface area contributed by atoms with Crippen molar-refractivity contribution in [1.82, 2.24) is 5.32 Å². The lowest BCUT2D eigenvalue weighted by Crippen LogP contribution is -2.23. The van der Waals surface area contributed by atoms with Crippen LogP contribution >= 0.6 is 11.6 Å². The summed E-state index contributed by atoms with van der Waals surface area (Å²) in [5.41, 5.74) is 3.24. The van der Waals surface area contributed by atoms with Crippen molar-refractivity contribution in [3.8, 4) is 11.5 Å². The fraction of sp³-hybridized carbons (Fsp3) is 0.174. The van der Waals surface area contributed by atoms with E-state index in [1.54, 1.807) is 18.2 Å². The van der Waals surface area contributed by atoms with Gasteiger partial charge in [0.2, 0.25) is 6.79 Å². The first-order valence-corrected chi connectivity index (χ1v) is 11.7. The minimum Gasteiger partial charge on any atom is -0.454 e. The van der Waals surface area contributed by atoms with E-state index in [-0.39, 0.29) is 28.8 Å². The average Bonchev–Trinajstić information content (AvgIpc) is 3.22. The maximum absolute atomic E-state index is 13.0. The smallest absolute Gasteiger partial charge is 0.263 e. The molecule has 3 aromatic rings. The number of carbonyl (C=O) groups excluding carboxylic acids is 1. The molecule has 0 fully saturated rings. The monoisotopic (exact) mass is 472 g/mol. The highest BCUT2D eigenvalue weighted by Gasteiger charge is 2.21. The average molecular weight is 473 g/mol. The molecule has 1 aliphatic heterocycles. The van der Waals surface area contributed by atoms with Gasteiger partial charge in [0, 0.05) is 12.1 Å². The van der Waals surface area contributed by atoms with E-state index in [1.165, 1.54) is 18.2 Å². The van der Waals surface area contributed by atoms with Gasteiger partial charge in [-0.3, -0.25) is 9.52 Å². The molecule has 166 valence electrons. The van der Waals surface area contributed by atoms with E-state index in [0.717, 1.165) is 16.7 Å². The predicted molar refractivity (Wildman–Crippen MR) is 122 cm³/mol. The van der Waals surface area contributed by atoms with Gasteiger partial charge in [0.25, 0.3) is 15.9 Å². The van der Waals surface area contributed by atoms with Crippen LogP contribution in [0.2, 0.25) is 5.02 Å². The summed E-state index contributed by atoms with van der Waals surface area (Å²) in [5, 5.41) is 2.80. The SMILES string of the molecule is Cc1ccc(NS(=O)(=O)c2cc(C(=O)NCc3ccc4c(c3)OCO4)ccc2Cl)c(C)c1. The molecular formula is C23H21ClN2O5S. The van der Waals surface area contributed by atoms with Crippen LogP contribution in [0.5, 0.6) is 11.5 Å². The van der Waals surface area contributed by atoms with Gasteiger partial charge in [-0.05, 0) is 61.4 Å². The van der Waals surface area contributed by atoms with Gasteiger partial charge < -0.3 is 14.8 Å². The maximum Gasteiger partial charge on any atom is 0.263 e. The molecule has 0 bridgehead atoms. The second-order valence-electron chi connectivity index (χ2n) is 7.44. The normalized spacial score (nSPS) is 12.5. The van der Waals surface area contributed by atoms with Crippen molar-refractivity contribution in [3.05, 3.63) is 81.9 Å². The Hall–Kier alpha value is -3.23. The first-order valence-electron chi connectivity index (χ1n) is 9.79. The number of fused-ring (bicyclic) bond motifs is 1. The van der Waals surface area contributed by atoms with E-state index in [4.69, 9.17) is 21.1 Å². The topological polar surface area (TPSA) is 93.7 Å². The third-order valence-corrected chi connectivity index (χ3v) is 6.85. The molecule has 0 spiro atoms. The number of aryl methyl sites for hydroxylation is 2. The number of hydrogen-bond donors (Lipinski definition) is 2. The van der Waals surface area contributed by atoms with Gasteiger partial charge in [-0.1, -0.05) is 35.4 Å². The molecule has 0 atom stereocenters. The van der Waals surface area contributed by atoms with Crippen LogP contribution in [-0.4, -0.2) is 21.1 Å². The van der Waals surface area contributed by atoms with Crippen LogP contribution < -0.4 is 19.5 Å². The van der Waals surface area contributed by atoms with E-state index in [0.29, 0.717) is 17.2 Å². The third kappa shape index (κ3) is 4.66. The number of halogens is 1. The summed E-state index contributed by atoms with van der Waals surface area (Å²) < 4.78 is 39.1. The van der Waals surface area contributed by atoms with Crippen molar-refractivity contribution in [3.63, 3.8) is 0 Å². The van der Waals surface area contributed by atoms with Crippen LogP contribution in [0.15, 0.2) is 59.5 Å². The Bertz CT molecular complexity index is 1310. The van der Waals surface area contributed by atoms with E-state index < -0.39 is 15.9 Å². The lowest BCUT2D eigenvalue weighted by Gasteiger charge is -2.13. The zero-order valence-corrected chi connectivity index (χ0v) is 19.0. The minimum atomic E-state index is -4.00. The highest BCUT2D eigenvalue weighted by atomic mass is 35.5. The van der Waals surface area contributed by atoms with Crippen LogP contribution in [0, 0.1) is 13.8 Å². The molecule has 3 aromatic carbocycles. The molecule has 4 rings (SSSR count). The Morgan fingerprint density at radius 2 is 1.78 bits per heavy atom. The summed E-state index contributed by atoms with van der Waals surface area (Å²) >= 11 is 6.17. The van der Waals surface area contributed by atoms with Crippen molar-refractivity contribution in [2.24, 2.45) is 0 Å². The molecule has 7 nitrogen and oxygen atoms in total. The second kappa shape index (κ2) is 8.72. The Morgan fingerprint density at radius 1 is 1.00 bits per heavy atom. The number of carbonyl (C=O) groups is 1. The van der Waals surface area contributed by atoms with E-state index in [9.17, 15) is 13.2 Å². The van der Waals surface area contributed by atoms with Crippen LogP contribution in [0.25, 0.3) is 0 Å². The quantitative estimate of drug-likeness (QED) is 0.554. The molecule has 0 aliphatic carbocycles. The number of benzene rings is 3. The molecule has 32 heavy (non-hydrogen) atoms. The first kappa shape index (κ1) is 22.0. The predicted octanol–water partition coefficient (Wildman–Crippen LogP) is 4.42. The standard InChI is InChI=1S/C23H21ClN2O5S/c1-14-3-7-19(15(2)9-14)26-32(28,29)22-11-17(5-6-18(22)24)23(27)25-12-16-4-8-20-21(10-16)31-13-30-20/h3-11,26H,12-13H2,1-2H3,(H,25,27). The summed E-state index contributed by atoms with van der Waals surface area (Å²) in [6.45, 7) is 4.14. The molecule has 0 saturated heterocycles. The molecular weight excluding hydrogens is 452 g/mol. The van der Waals surface area contributed by atoms with Gasteiger partial charge in [0.05, 0.1) is 10.7 Å². The van der Waals surface area contributed by atoms with Crippen molar-refractivity contribution in [2.45, 2.75) is 25.3 Å². The fourth-order valence-corrected chi connectivity index (χ4v) is 4.97. The van der Waals surface area contributed by atoms with E-state index >= 15 is 0 Å². The molecule has 0 saturated carbocycles. The van der Waals surface area contributed by atoms with E-state index in [1.807, 2.05) is 32.0 Å². The third-order valence-electron chi connectivity index (χ3n) is 5.00. The number of ether oxygens (including phenoxy) is 2. The highest BCUT2D eigenvalue weighted by molar-refractivity contribution is 7.92. The van der Waals surface area contributed by atoms with Crippen LogP contribution in [0.1, 0.15) is 27.0 Å².